The number of sulfonamides is 1. The van der Waals surface area contributed by atoms with Crippen LogP contribution in [0.3, 0.4) is 0 Å². The monoisotopic (exact) mass is 495 g/mol. The van der Waals surface area contributed by atoms with Crippen LogP contribution in [0.25, 0.3) is 0 Å². The first-order valence-corrected chi connectivity index (χ1v) is 14.0. The van der Waals surface area contributed by atoms with E-state index in [1.165, 1.54) is 12.6 Å². The molecular weight excluding hydrogens is 462 g/mol. The molecule has 35 heavy (non-hydrogen) atoms. The summed E-state index contributed by atoms with van der Waals surface area (Å²) in [5, 5.41) is 3.03. The highest BCUT2D eigenvalue weighted by molar-refractivity contribution is 7.89. The second kappa shape index (κ2) is 9.39. The summed E-state index contributed by atoms with van der Waals surface area (Å²) in [6.07, 6.45) is 6.42. The number of fused-ring (bicyclic) bond motifs is 2. The number of benzene rings is 2. The van der Waals surface area contributed by atoms with Gasteiger partial charge < -0.3 is 10.2 Å². The van der Waals surface area contributed by atoms with Crippen LogP contribution in [-0.4, -0.2) is 44.2 Å². The van der Waals surface area contributed by atoms with Gasteiger partial charge in [0.2, 0.25) is 21.8 Å². The lowest BCUT2D eigenvalue weighted by molar-refractivity contribution is -0.125. The number of amides is 2. The number of rotatable bonds is 6. The van der Waals surface area contributed by atoms with Crippen LogP contribution in [0, 0.1) is 5.92 Å². The van der Waals surface area contributed by atoms with Crippen molar-refractivity contribution in [3.05, 3.63) is 59.2 Å². The van der Waals surface area contributed by atoms with Crippen LogP contribution in [0.2, 0.25) is 0 Å². The van der Waals surface area contributed by atoms with Crippen molar-refractivity contribution in [3.63, 3.8) is 0 Å². The summed E-state index contributed by atoms with van der Waals surface area (Å²) in [4.78, 5) is 27.7. The van der Waals surface area contributed by atoms with Gasteiger partial charge in [-0.15, -0.1) is 0 Å². The van der Waals surface area contributed by atoms with Gasteiger partial charge in [0, 0.05) is 24.7 Å². The first kappa shape index (κ1) is 24.0. The molecule has 1 saturated carbocycles. The molecule has 1 heterocycles. The summed E-state index contributed by atoms with van der Waals surface area (Å²) < 4.78 is 27.7. The van der Waals surface area contributed by atoms with Gasteiger partial charge in [0.05, 0.1) is 17.5 Å². The molecule has 2 amide bonds. The largest absolute Gasteiger partial charge is 0.348 e. The van der Waals surface area contributed by atoms with E-state index in [0.717, 1.165) is 59.6 Å². The molecule has 0 spiro atoms. The molecule has 1 N–H and O–H groups in total. The molecule has 0 bridgehead atoms. The molecule has 1 aliphatic heterocycles. The predicted molar refractivity (Wildman–Crippen MR) is 135 cm³/mol. The third-order valence-corrected chi connectivity index (χ3v) is 9.54. The summed E-state index contributed by atoms with van der Waals surface area (Å²) in [6.45, 7) is 1.76. The third kappa shape index (κ3) is 4.49. The van der Waals surface area contributed by atoms with Crippen molar-refractivity contribution >= 4 is 27.5 Å². The third-order valence-electron chi connectivity index (χ3n) is 7.74. The number of hydrogen-bond donors (Lipinski definition) is 1. The Kier molecular flexibility index (Phi) is 6.44. The maximum atomic E-state index is 13.3. The number of nitrogens with zero attached hydrogens (tertiary/aromatic N) is 2. The highest BCUT2D eigenvalue weighted by Crippen LogP contribution is 2.38. The molecule has 2 aliphatic carbocycles. The van der Waals surface area contributed by atoms with Gasteiger partial charge >= 0.3 is 0 Å². The maximum absolute atomic E-state index is 13.3. The fraction of sp³-hybridized carbons (Fsp3) is 0.481. The molecule has 0 saturated heterocycles. The van der Waals surface area contributed by atoms with E-state index in [-0.39, 0.29) is 41.3 Å². The van der Waals surface area contributed by atoms with E-state index < -0.39 is 10.0 Å². The average molecular weight is 496 g/mol. The predicted octanol–water partition coefficient (Wildman–Crippen LogP) is 3.58. The Morgan fingerprint density at radius 3 is 2.57 bits per heavy atom. The van der Waals surface area contributed by atoms with Crippen molar-refractivity contribution in [2.45, 2.75) is 68.8 Å². The van der Waals surface area contributed by atoms with Crippen molar-refractivity contribution in [1.82, 2.24) is 9.62 Å². The maximum Gasteiger partial charge on any atom is 0.243 e. The molecule has 1 fully saturated rings. The number of nitrogens with one attached hydrogen (secondary N) is 1. The molecule has 2 atom stereocenters. The molecule has 8 heteroatoms. The van der Waals surface area contributed by atoms with E-state index >= 15 is 0 Å². The van der Waals surface area contributed by atoms with Crippen LogP contribution in [0.1, 0.15) is 61.8 Å². The highest BCUT2D eigenvalue weighted by Gasteiger charge is 2.38. The number of hydrogen-bond acceptors (Lipinski definition) is 4. The Labute approximate surface area is 207 Å². The van der Waals surface area contributed by atoms with E-state index in [2.05, 4.69) is 11.4 Å². The molecule has 2 unspecified atom stereocenters. The first-order valence-electron chi connectivity index (χ1n) is 12.5. The molecular formula is C27H33N3O4S. The standard InChI is InChI=1S/C27H33N3O4S/c1-18-15-21-16-22(13-14-25(21)30(18)27(32)20-9-5-10-20)35(33,34)29(2)17-26(31)28-24-12-6-8-19-7-3-4-11-23(19)24/h3-4,7,11,13-14,16,18,20,24H,5-6,8-10,12,15,17H2,1-2H3,(H,28,31). The van der Waals surface area contributed by atoms with Gasteiger partial charge in [0.25, 0.3) is 0 Å². The number of anilines is 1. The lowest BCUT2D eigenvalue weighted by Crippen LogP contribution is -2.42. The zero-order valence-electron chi connectivity index (χ0n) is 20.4. The summed E-state index contributed by atoms with van der Waals surface area (Å²) in [7, 11) is -2.42. The minimum atomic E-state index is -3.85. The zero-order chi connectivity index (χ0) is 24.7. The molecule has 0 radical (unpaired) electrons. The molecule has 3 aliphatic rings. The van der Waals surface area contributed by atoms with Gasteiger partial charge in [0.15, 0.2) is 0 Å². The van der Waals surface area contributed by atoms with E-state index in [0.29, 0.717) is 6.42 Å². The number of aryl methyl sites for hydroxylation is 1. The molecule has 186 valence electrons. The minimum Gasteiger partial charge on any atom is -0.348 e. The van der Waals surface area contributed by atoms with Crippen LogP contribution >= 0.6 is 0 Å². The number of carbonyl (C=O) groups excluding carboxylic acids is 2. The zero-order valence-corrected chi connectivity index (χ0v) is 21.2. The van der Waals surface area contributed by atoms with Crippen molar-refractivity contribution in [2.75, 3.05) is 18.5 Å². The fourth-order valence-corrected chi connectivity index (χ4v) is 6.74. The van der Waals surface area contributed by atoms with Crippen LogP contribution in [-0.2, 0) is 32.5 Å². The number of likely N-dealkylation sites (N-methyl/N-ethyl adjacent to an activating group) is 1. The number of carbonyl (C=O) groups is 2. The second-order valence-electron chi connectivity index (χ2n) is 10.2. The smallest absolute Gasteiger partial charge is 0.243 e. The summed E-state index contributed by atoms with van der Waals surface area (Å²) in [5.74, 6) is -0.0754. The van der Waals surface area contributed by atoms with E-state index in [1.807, 2.05) is 30.0 Å². The van der Waals surface area contributed by atoms with Crippen molar-refractivity contribution in [3.8, 4) is 0 Å². The molecule has 2 aromatic carbocycles. The Balaban J connectivity index is 1.28. The van der Waals surface area contributed by atoms with Crippen molar-refractivity contribution < 1.29 is 18.0 Å². The molecule has 7 nitrogen and oxygen atoms in total. The molecule has 0 aromatic heterocycles. The average Bonchev–Trinajstić information content (AvgIpc) is 3.13. The summed E-state index contributed by atoms with van der Waals surface area (Å²) in [5.41, 5.74) is 4.03. The minimum absolute atomic E-state index is 0.0120. The van der Waals surface area contributed by atoms with E-state index in [4.69, 9.17) is 0 Å². The van der Waals surface area contributed by atoms with Gasteiger partial charge in [-0.1, -0.05) is 30.7 Å². The Bertz CT molecular complexity index is 1250. The first-order chi connectivity index (χ1) is 16.8. The van der Waals surface area contributed by atoms with Gasteiger partial charge in [-0.2, -0.15) is 4.31 Å². The second-order valence-corrected chi connectivity index (χ2v) is 12.2. The molecule has 5 rings (SSSR count). The normalized spacial score (nSPS) is 21.9. The Morgan fingerprint density at radius 2 is 1.83 bits per heavy atom. The summed E-state index contributed by atoms with van der Waals surface area (Å²) in [6, 6.07) is 13.0. The van der Waals surface area contributed by atoms with E-state index in [9.17, 15) is 18.0 Å². The van der Waals surface area contributed by atoms with Crippen LogP contribution in [0.4, 0.5) is 5.69 Å². The van der Waals surface area contributed by atoms with Crippen molar-refractivity contribution in [1.29, 1.82) is 0 Å². The lowest BCUT2D eigenvalue weighted by Gasteiger charge is -2.32. The SMILES string of the molecule is CC1Cc2cc(S(=O)(=O)N(C)CC(=O)NC3CCCc4ccccc43)ccc2N1C(=O)C1CCC1. The lowest BCUT2D eigenvalue weighted by atomic mass is 9.84. The fourth-order valence-electron chi connectivity index (χ4n) is 5.57. The van der Waals surface area contributed by atoms with Crippen LogP contribution in [0.5, 0.6) is 0 Å². The van der Waals surface area contributed by atoms with Gasteiger partial charge in [-0.05, 0) is 80.3 Å². The Morgan fingerprint density at radius 1 is 1.06 bits per heavy atom. The van der Waals surface area contributed by atoms with E-state index in [1.54, 1.807) is 18.2 Å². The quantitative estimate of drug-likeness (QED) is 0.664. The van der Waals surface area contributed by atoms with Gasteiger partial charge in [-0.25, -0.2) is 8.42 Å². The Hall–Kier alpha value is -2.71. The van der Waals surface area contributed by atoms with Crippen LogP contribution < -0.4 is 10.2 Å². The van der Waals surface area contributed by atoms with Crippen molar-refractivity contribution in [2.24, 2.45) is 5.92 Å². The summed E-state index contributed by atoms with van der Waals surface area (Å²) >= 11 is 0. The highest BCUT2D eigenvalue weighted by atomic mass is 32.2. The van der Waals surface area contributed by atoms with Gasteiger partial charge in [0.1, 0.15) is 0 Å². The van der Waals surface area contributed by atoms with Gasteiger partial charge in [-0.3, -0.25) is 9.59 Å². The van der Waals surface area contributed by atoms with Crippen LogP contribution in [0.15, 0.2) is 47.4 Å². The topological polar surface area (TPSA) is 86.8 Å². The molecule has 2 aromatic rings.